The van der Waals surface area contributed by atoms with Crippen LogP contribution < -0.4 is 4.87 Å². The maximum Gasteiger partial charge on any atom is 0.401 e. The summed E-state index contributed by atoms with van der Waals surface area (Å²) in [5, 5.41) is 10.4. The van der Waals surface area contributed by atoms with E-state index in [0.29, 0.717) is 0 Å². The molecule has 0 bridgehead atoms. The number of thiazole rings is 1. The SMILES string of the molecule is Cc1csc(=O)n1CCN(CCCO)CC(F)(F)F. The number of aliphatic hydroxyl groups is 1. The predicted octanol–water partition coefficient (Wildman–Crippen LogP) is 1.46. The Balaban J connectivity index is 2.59. The Morgan fingerprint density at radius 1 is 1.42 bits per heavy atom. The largest absolute Gasteiger partial charge is 0.401 e. The van der Waals surface area contributed by atoms with Crippen LogP contribution in [0.1, 0.15) is 12.1 Å². The Hall–Kier alpha value is -0.860. The molecule has 1 aromatic rings. The van der Waals surface area contributed by atoms with Crippen LogP contribution in [-0.2, 0) is 6.54 Å². The van der Waals surface area contributed by atoms with Crippen molar-refractivity contribution in [3.63, 3.8) is 0 Å². The number of alkyl halides is 3. The number of hydrogen-bond acceptors (Lipinski definition) is 4. The van der Waals surface area contributed by atoms with Gasteiger partial charge in [-0.25, -0.2) is 0 Å². The standard InChI is InChI=1S/C11H17F3N2O2S/c1-9-7-19-10(18)16(9)5-4-15(3-2-6-17)8-11(12,13)14/h7,17H,2-6,8H2,1H3. The number of halogens is 3. The fraction of sp³-hybridized carbons (Fsp3) is 0.727. The Morgan fingerprint density at radius 2 is 2.11 bits per heavy atom. The lowest BCUT2D eigenvalue weighted by molar-refractivity contribution is -0.146. The summed E-state index contributed by atoms with van der Waals surface area (Å²) in [6.45, 7) is 1.11. The van der Waals surface area contributed by atoms with Crippen LogP contribution in [0.2, 0.25) is 0 Å². The highest BCUT2D eigenvalue weighted by molar-refractivity contribution is 7.07. The molecule has 0 aromatic carbocycles. The number of aryl methyl sites for hydroxylation is 1. The second kappa shape index (κ2) is 7.06. The molecule has 0 aliphatic rings. The molecule has 0 saturated heterocycles. The molecule has 0 aliphatic heterocycles. The van der Waals surface area contributed by atoms with Crippen LogP contribution in [0.3, 0.4) is 0 Å². The molecule has 0 amide bonds. The van der Waals surface area contributed by atoms with E-state index < -0.39 is 12.7 Å². The van der Waals surface area contributed by atoms with Crippen molar-refractivity contribution in [3.8, 4) is 0 Å². The van der Waals surface area contributed by atoms with Crippen molar-refractivity contribution in [2.24, 2.45) is 0 Å². The third kappa shape index (κ3) is 5.75. The smallest absolute Gasteiger partial charge is 0.396 e. The van der Waals surface area contributed by atoms with E-state index in [4.69, 9.17) is 5.11 Å². The number of hydrogen-bond donors (Lipinski definition) is 1. The minimum Gasteiger partial charge on any atom is -0.396 e. The van der Waals surface area contributed by atoms with Crippen molar-refractivity contribution in [3.05, 3.63) is 20.7 Å². The summed E-state index contributed by atoms with van der Waals surface area (Å²) in [5.41, 5.74) is 0.754. The van der Waals surface area contributed by atoms with Crippen LogP contribution in [0.15, 0.2) is 10.2 Å². The summed E-state index contributed by atoms with van der Waals surface area (Å²) in [6.07, 6.45) is -3.99. The molecular formula is C11H17F3N2O2S. The average molecular weight is 298 g/mol. The van der Waals surface area contributed by atoms with E-state index in [1.165, 1.54) is 9.47 Å². The Kier molecular flexibility index (Phi) is 6.02. The molecule has 1 heterocycles. The van der Waals surface area contributed by atoms with Gasteiger partial charge in [0, 0.05) is 37.3 Å². The van der Waals surface area contributed by atoms with Crippen LogP contribution in [-0.4, -0.2) is 47.0 Å². The van der Waals surface area contributed by atoms with Crippen LogP contribution in [0.25, 0.3) is 0 Å². The average Bonchev–Trinajstić information content (AvgIpc) is 2.61. The van der Waals surface area contributed by atoms with Crippen molar-refractivity contribution < 1.29 is 18.3 Å². The highest BCUT2D eigenvalue weighted by Gasteiger charge is 2.30. The van der Waals surface area contributed by atoms with Gasteiger partial charge in [-0.1, -0.05) is 11.3 Å². The molecular weight excluding hydrogens is 281 g/mol. The number of aliphatic hydroxyl groups excluding tert-OH is 1. The molecule has 110 valence electrons. The molecule has 19 heavy (non-hydrogen) atoms. The highest BCUT2D eigenvalue weighted by atomic mass is 32.1. The molecule has 0 radical (unpaired) electrons. The maximum atomic E-state index is 12.4. The quantitative estimate of drug-likeness (QED) is 0.829. The van der Waals surface area contributed by atoms with E-state index in [0.717, 1.165) is 17.0 Å². The van der Waals surface area contributed by atoms with E-state index in [9.17, 15) is 18.0 Å². The van der Waals surface area contributed by atoms with Crippen molar-refractivity contribution in [1.29, 1.82) is 0 Å². The van der Waals surface area contributed by atoms with Crippen molar-refractivity contribution in [2.45, 2.75) is 26.1 Å². The first-order valence-corrected chi connectivity index (χ1v) is 6.76. The van der Waals surface area contributed by atoms with Crippen LogP contribution in [0, 0.1) is 6.92 Å². The van der Waals surface area contributed by atoms with Gasteiger partial charge in [0.05, 0.1) is 6.54 Å². The molecule has 1 rings (SSSR count). The van der Waals surface area contributed by atoms with Crippen molar-refractivity contribution in [2.75, 3.05) is 26.2 Å². The van der Waals surface area contributed by atoms with Gasteiger partial charge in [0.2, 0.25) is 0 Å². The van der Waals surface area contributed by atoms with Crippen LogP contribution in [0.4, 0.5) is 13.2 Å². The Bertz CT molecular complexity index is 442. The summed E-state index contributed by atoms with van der Waals surface area (Å²) in [4.78, 5) is 12.5. The molecule has 0 aliphatic carbocycles. The van der Waals surface area contributed by atoms with Gasteiger partial charge < -0.3 is 9.67 Å². The molecule has 0 spiro atoms. The summed E-state index contributed by atoms with van der Waals surface area (Å²) in [7, 11) is 0. The summed E-state index contributed by atoms with van der Waals surface area (Å²) >= 11 is 1.04. The van der Waals surface area contributed by atoms with E-state index in [1.807, 2.05) is 0 Å². The van der Waals surface area contributed by atoms with Gasteiger partial charge >= 0.3 is 11.0 Å². The summed E-state index contributed by atoms with van der Waals surface area (Å²) < 4.78 is 38.6. The number of aromatic nitrogens is 1. The first kappa shape index (κ1) is 16.2. The summed E-state index contributed by atoms with van der Waals surface area (Å²) in [6, 6.07) is 0. The van der Waals surface area contributed by atoms with E-state index in [-0.39, 0.29) is 37.5 Å². The fourth-order valence-electron chi connectivity index (χ4n) is 1.73. The lowest BCUT2D eigenvalue weighted by Gasteiger charge is -2.23. The zero-order valence-electron chi connectivity index (χ0n) is 10.6. The van der Waals surface area contributed by atoms with Crippen molar-refractivity contribution >= 4 is 11.3 Å². The lowest BCUT2D eigenvalue weighted by Crippen LogP contribution is -2.38. The van der Waals surface area contributed by atoms with Gasteiger partial charge in [-0.05, 0) is 13.3 Å². The third-order valence-electron chi connectivity index (χ3n) is 2.65. The topological polar surface area (TPSA) is 45.5 Å². The second-order valence-corrected chi connectivity index (χ2v) is 5.08. The minimum atomic E-state index is -4.27. The first-order valence-electron chi connectivity index (χ1n) is 5.88. The Morgan fingerprint density at radius 3 is 2.58 bits per heavy atom. The predicted molar refractivity (Wildman–Crippen MR) is 67.5 cm³/mol. The third-order valence-corrected chi connectivity index (χ3v) is 3.53. The van der Waals surface area contributed by atoms with E-state index in [1.54, 1.807) is 12.3 Å². The highest BCUT2D eigenvalue weighted by Crippen LogP contribution is 2.16. The molecule has 1 aromatic heterocycles. The lowest BCUT2D eigenvalue weighted by atomic mass is 10.3. The van der Waals surface area contributed by atoms with Crippen molar-refractivity contribution in [1.82, 2.24) is 9.47 Å². The molecule has 4 nitrogen and oxygen atoms in total. The van der Waals surface area contributed by atoms with Gasteiger partial charge in [0.25, 0.3) is 0 Å². The minimum absolute atomic E-state index is 0.136. The number of nitrogens with zero attached hydrogens (tertiary/aromatic N) is 2. The molecule has 0 atom stereocenters. The zero-order valence-corrected chi connectivity index (χ0v) is 11.4. The molecule has 0 saturated carbocycles. The maximum absolute atomic E-state index is 12.4. The van der Waals surface area contributed by atoms with Gasteiger partial charge in [-0.2, -0.15) is 13.2 Å². The van der Waals surface area contributed by atoms with Gasteiger partial charge in [-0.15, -0.1) is 0 Å². The van der Waals surface area contributed by atoms with Gasteiger partial charge in [-0.3, -0.25) is 9.69 Å². The summed E-state index contributed by atoms with van der Waals surface area (Å²) in [5.74, 6) is 0. The van der Waals surface area contributed by atoms with Gasteiger partial charge in [0.1, 0.15) is 0 Å². The molecule has 1 N–H and O–H groups in total. The van der Waals surface area contributed by atoms with E-state index >= 15 is 0 Å². The monoisotopic (exact) mass is 298 g/mol. The molecule has 0 unspecified atom stereocenters. The fourth-order valence-corrected chi connectivity index (χ4v) is 2.49. The zero-order chi connectivity index (χ0) is 14.5. The number of rotatable bonds is 7. The van der Waals surface area contributed by atoms with Crippen LogP contribution >= 0.6 is 11.3 Å². The molecule has 0 fully saturated rings. The molecule has 8 heteroatoms. The second-order valence-electron chi connectivity index (χ2n) is 4.26. The normalized spacial score (nSPS) is 12.3. The van der Waals surface area contributed by atoms with Gasteiger partial charge in [0.15, 0.2) is 0 Å². The Labute approximate surface area is 113 Å². The van der Waals surface area contributed by atoms with E-state index in [2.05, 4.69) is 0 Å². The van der Waals surface area contributed by atoms with Crippen LogP contribution in [0.5, 0.6) is 0 Å². The first-order chi connectivity index (χ1) is 8.83.